The fourth-order valence-electron chi connectivity index (χ4n) is 9.03. The summed E-state index contributed by atoms with van der Waals surface area (Å²) >= 11 is 0. The van der Waals surface area contributed by atoms with E-state index in [4.69, 9.17) is 14.2 Å². The largest absolute Gasteiger partial charge is 0.462 e. The lowest BCUT2D eigenvalue weighted by atomic mass is 10.0. The molecule has 0 bridgehead atoms. The van der Waals surface area contributed by atoms with E-state index in [0.29, 0.717) is 19.3 Å². The fourth-order valence-corrected chi connectivity index (χ4v) is 9.03. The predicted molar refractivity (Wildman–Crippen MR) is 284 cm³/mol. The molecule has 0 N–H and O–H groups in total. The van der Waals surface area contributed by atoms with E-state index < -0.39 is 6.10 Å². The Balaban J connectivity index is 4.24. The van der Waals surface area contributed by atoms with Gasteiger partial charge in [-0.05, 0) is 44.9 Å². The van der Waals surface area contributed by atoms with Gasteiger partial charge in [-0.3, -0.25) is 14.4 Å². The molecule has 0 fully saturated rings. The van der Waals surface area contributed by atoms with Crippen LogP contribution in [-0.2, 0) is 28.6 Å². The first-order valence-electron chi connectivity index (χ1n) is 29.7. The zero-order valence-corrected chi connectivity index (χ0v) is 44.7. The topological polar surface area (TPSA) is 78.9 Å². The minimum atomic E-state index is -0.766. The van der Waals surface area contributed by atoms with Gasteiger partial charge in [0, 0.05) is 19.3 Å². The normalized spacial score (nSPS) is 12.0. The van der Waals surface area contributed by atoms with Gasteiger partial charge in [0.1, 0.15) is 13.2 Å². The Kier molecular flexibility index (Phi) is 54.2. The quantitative estimate of drug-likeness (QED) is 0.0262. The van der Waals surface area contributed by atoms with E-state index in [2.05, 4.69) is 32.9 Å². The number of esters is 3. The third-order valence-electron chi connectivity index (χ3n) is 13.5. The number of hydrogen-bond acceptors (Lipinski definition) is 6. The number of rotatable bonds is 55. The van der Waals surface area contributed by atoms with Crippen LogP contribution in [0.3, 0.4) is 0 Å². The van der Waals surface area contributed by atoms with Crippen LogP contribution in [0.25, 0.3) is 0 Å². The lowest BCUT2D eigenvalue weighted by Gasteiger charge is -2.18. The second-order valence-corrected chi connectivity index (χ2v) is 20.3. The molecule has 0 radical (unpaired) electrons. The van der Waals surface area contributed by atoms with Gasteiger partial charge in [0.2, 0.25) is 0 Å². The Morgan fingerprint density at radius 1 is 0.288 bits per heavy atom. The molecular weight excluding hydrogens is 817 g/mol. The molecule has 390 valence electrons. The zero-order chi connectivity index (χ0) is 47.9. The highest BCUT2D eigenvalue weighted by Gasteiger charge is 2.19. The highest BCUT2D eigenvalue weighted by molar-refractivity contribution is 5.71. The second kappa shape index (κ2) is 55.7. The molecule has 0 unspecified atom stereocenters. The SMILES string of the molecule is CCCCCC/C=C\CCCCCCCCCC(=O)O[C@@H](COC(=O)CCCCCCCCCCCCCC)COC(=O)CCCCCCCCCCCCCCCCCCCCCCC. The number of carbonyl (C=O) groups is 3. The highest BCUT2D eigenvalue weighted by Crippen LogP contribution is 2.17. The van der Waals surface area contributed by atoms with E-state index in [1.165, 1.54) is 238 Å². The van der Waals surface area contributed by atoms with Crippen LogP contribution in [0.2, 0.25) is 0 Å². The van der Waals surface area contributed by atoms with Crippen molar-refractivity contribution in [3.05, 3.63) is 12.2 Å². The average Bonchev–Trinajstić information content (AvgIpc) is 3.31. The van der Waals surface area contributed by atoms with Crippen molar-refractivity contribution in [2.75, 3.05) is 13.2 Å². The summed E-state index contributed by atoms with van der Waals surface area (Å²) in [5.74, 6) is -0.846. The van der Waals surface area contributed by atoms with Crippen LogP contribution in [0.4, 0.5) is 0 Å². The van der Waals surface area contributed by atoms with E-state index in [-0.39, 0.29) is 31.1 Å². The van der Waals surface area contributed by atoms with Gasteiger partial charge in [0.05, 0.1) is 0 Å². The summed E-state index contributed by atoms with van der Waals surface area (Å²) in [7, 11) is 0. The predicted octanol–water partition coefficient (Wildman–Crippen LogP) is 19.7. The van der Waals surface area contributed by atoms with Crippen molar-refractivity contribution in [1.29, 1.82) is 0 Å². The Morgan fingerprint density at radius 2 is 0.500 bits per heavy atom. The first-order valence-corrected chi connectivity index (χ1v) is 29.7. The maximum Gasteiger partial charge on any atom is 0.306 e. The van der Waals surface area contributed by atoms with E-state index in [9.17, 15) is 14.4 Å². The molecule has 0 aliphatic heterocycles. The minimum absolute atomic E-state index is 0.0657. The van der Waals surface area contributed by atoms with Gasteiger partial charge < -0.3 is 14.2 Å². The maximum absolute atomic E-state index is 12.8. The molecule has 0 rings (SSSR count). The summed E-state index contributed by atoms with van der Waals surface area (Å²) in [6.07, 6.45) is 63.5. The van der Waals surface area contributed by atoms with Crippen LogP contribution in [0, 0.1) is 0 Å². The molecule has 0 amide bonds. The molecule has 6 nitrogen and oxygen atoms in total. The van der Waals surface area contributed by atoms with Crippen LogP contribution in [0.15, 0.2) is 12.2 Å². The molecule has 66 heavy (non-hydrogen) atoms. The third kappa shape index (κ3) is 53.1. The van der Waals surface area contributed by atoms with Gasteiger partial charge in [0.15, 0.2) is 6.10 Å². The van der Waals surface area contributed by atoms with Crippen LogP contribution in [0.5, 0.6) is 0 Å². The van der Waals surface area contributed by atoms with Crippen molar-refractivity contribution in [1.82, 2.24) is 0 Å². The standard InChI is InChI=1S/C60H114O6/c1-4-7-10-13-16-19-22-25-27-28-29-30-31-32-34-35-38-41-44-47-50-53-59(62)65-56-57(55-64-58(61)52-49-46-43-40-37-24-21-18-15-12-9-6-3)66-60(63)54-51-48-45-42-39-36-33-26-23-20-17-14-11-8-5-2/h20,23,57H,4-19,21-22,24-56H2,1-3H3/b23-20-/t57-/m0/s1. The molecule has 0 aromatic rings. The summed E-state index contributed by atoms with van der Waals surface area (Å²) in [4.78, 5) is 38.1. The first-order chi connectivity index (χ1) is 32.5. The van der Waals surface area contributed by atoms with Crippen molar-refractivity contribution >= 4 is 17.9 Å². The summed E-state index contributed by atoms with van der Waals surface area (Å²) in [5, 5.41) is 0. The summed E-state index contributed by atoms with van der Waals surface area (Å²) in [6.45, 7) is 6.68. The smallest absolute Gasteiger partial charge is 0.306 e. The lowest BCUT2D eigenvalue weighted by Crippen LogP contribution is -2.30. The fraction of sp³-hybridized carbons (Fsp3) is 0.917. The maximum atomic E-state index is 12.8. The Morgan fingerprint density at radius 3 is 0.773 bits per heavy atom. The number of unbranched alkanes of at least 4 members (excludes halogenated alkanes) is 42. The zero-order valence-electron chi connectivity index (χ0n) is 44.7. The Bertz CT molecular complexity index is 1020. The van der Waals surface area contributed by atoms with Gasteiger partial charge in [-0.15, -0.1) is 0 Å². The number of carbonyl (C=O) groups excluding carboxylic acids is 3. The van der Waals surface area contributed by atoms with Crippen LogP contribution >= 0.6 is 0 Å². The molecule has 6 heteroatoms. The van der Waals surface area contributed by atoms with Gasteiger partial charge >= 0.3 is 17.9 Å². The van der Waals surface area contributed by atoms with Crippen molar-refractivity contribution in [3.8, 4) is 0 Å². The lowest BCUT2D eigenvalue weighted by molar-refractivity contribution is -0.167. The van der Waals surface area contributed by atoms with E-state index in [1.54, 1.807) is 0 Å². The van der Waals surface area contributed by atoms with Crippen molar-refractivity contribution in [3.63, 3.8) is 0 Å². The second-order valence-electron chi connectivity index (χ2n) is 20.3. The number of allylic oxidation sites excluding steroid dienone is 2. The van der Waals surface area contributed by atoms with Gasteiger partial charge in [-0.2, -0.15) is 0 Å². The highest BCUT2D eigenvalue weighted by atomic mass is 16.6. The van der Waals surface area contributed by atoms with Crippen molar-refractivity contribution in [2.45, 2.75) is 341 Å². The van der Waals surface area contributed by atoms with Crippen LogP contribution < -0.4 is 0 Å². The Labute approximate surface area is 411 Å². The van der Waals surface area contributed by atoms with Crippen LogP contribution in [0.1, 0.15) is 335 Å². The summed E-state index contributed by atoms with van der Waals surface area (Å²) < 4.78 is 16.9. The molecule has 1 atom stereocenters. The molecule has 0 aliphatic rings. The van der Waals surface area contributed by atoms with Gasteiger partial charge in [-0.1, -0.05) is 283 Å². The third-order valence-corrected chi connectivity index (χ3v) is 13.5. The molecule has 0 spiro atoms. The van der Waals surface area contributed by atoms with E-state index in [0.717, 1.165) is 57.8 Å². The average molecular weight is 932 g/mol. The Hall–Kier alpha value is -1.85. The van der Waals surface area contributed by atoms with E-state index >= 15 is 0 Å². The molecule has 0 aromatic heterocycles. The summed E-state index contributed by atoms with van der Waals surface area (Å²) in [6, 6.07) is 0. The van der Waals surface area contributed by atoms with Crippen molar-refractivity contribution in [2.24, 2.45) is 0 Å². The van der Waals surface area contributed by atoms with Crippen LogP contribution in [-0.4, -0.2) is 37.2 Å². The number of hydrogen-bond donors (Lipinski definition) is 0. The summed E-state index contributed by atoms with van der Waals surface area (Å²) in [5.41, 5.74) is 0. The first kappa shape index (κ1) is 64.2. The van der Waals surface area contributed by atoms with Gasteiger partial charge in [0.25, 0.3) is 0 Å². The molecule has 0 saturated heterocycles. The number of ether oxygens (including phenoxy) is 3. The van der Waals surface area contributed by atoms with Gasteiger partial charge in [-0.25, -0.2) is 0 Å². The molecule has 0 aromatic carbocycles. The van der Waals surface area contributed by atoms with Crippen molar-refractivity contribution < 1.29 is 28.6 Å². The molecule has 0 heterocycles. The molecule has 0 aliphatic carbocycles. The monoisotopic (exact) mass is 931 g/mol. The minimum Gasteiger partial charge on any atom is -0.462 e. The molecular formula is C60H114O6. The molecule has 0 saturated carbocycles. The van der Waals surface area contributed by atoms with E-state index in [1.807, 2.05) is 0 Å².